The van der Waals surface area contributed by atoms with Crippen LogP contribution in [0.25, 0.3) is 0 Å². The van der Waals surface area contributed by atoms with Gasteiger partial charge in [0.05, 0.1) is 22.9 Å². The lowest BCUT2D eigenvalue weighted by Gasteiger charge is -2.25. The SMILES string of the molecule is CCS/C(=N\c1ccc(C#N)c(C(F)(F)F)c1)C1(C)CC=NN1. The third kappa shape index (κ3) is 3.85. The molecule has 0 saturated carbocycles. The van der Waals surface area contributed by atoms with Crippen molar-refractivity contribution in [3.63, 3.8) is 0 Å². The first-order valence-corrected chi connectivity index (χ1v) is 7.90. The van der Waals surface area contributed by atoms with Crippen LogP contribution in [0.4, 0.5) is 18.9 Å². The van der Waals surface area contributed by atoms with E-state index in [2.05, 4.69) is 15.5 Å². The Morgan fingerprint density at radius 3 is 2.78 bits per heavy atom. The number of nitrogens with one attached hydrogen (secondary N) is 1. The molecule has 0 radical (unpaired) electrons. The number of nitrogens with zero attached hydrogens (tertiary/aromatic N) is 3. The molecule has 1 aromatic rings. The van der Waals surface area contributed by atoms with E-state index in [-0.39, 0.29) is 5.69 Å². The molecule has 0 bridgehead atoms. The van der Waals surface area contributed by atoms with Gasteiger partial charge in [0, 0.05) is 12.6 Å². The van der Waals surface area contributed by atoms with Gasteiger partial charge >= 0.3 is 6.18 Å². The average molecular weight is 340 g/mol. The molecule has 1 N–H and O–H groups in total. The fourth-order valence-electron chi connectivity index (χ4n) is 2.10. The molecule has 8 heteroatoms. The standard InChI is InChI=1S/C15H15F3N4S/c1-3-23-13(14(2)6-7-20-22-14)21-11-5-4-10(9-19)12(8-11)15(16,17)18/h4-5,7-8,22H,3,6H2,1-2H3/b21-13-. The average Bonchev–Trinajstić information content (AvgIpc) is 2.94. The monoisotopic (exact) mass is 340 g/mol. The molecule has 0 aromatic heterocycles. The molecule has 1 unspecified atom stereocenters. The molecule has 0 amide bonds. The van der Waals surface area contributed by atoms with E-state index in [0.29, 0.717) is 11.5 Å². The van der Waals surface area contributed by atoms with Crippen LogP contribution in [0.15, 0.2) is 28.3 Å². The van der Waals surface area contributed by atoms with Gasteiger partial charge in [-0.1, -0.05) is 6.92 Å². The van der Waals surface area contributed by atoms with Gasteiger partial charge in [-0.05, 0) is 30.9 Å². The van der Waals surface area contributed by atoms with Gasteiger partial charge < -0.3 is 0 Å². The zero-order chi connectivity index (χ0) is 17.1. The third-order valence-electron chi connectivity index (χ3n) is 3.31. The Hall–Kier alpha value is -2.01. The number of rotatable bonds is 3. The van der Waals surface area contributed by atoms with Crippen molar-refractivity contribution in [2.45, 2.75) is 32.0 Å². The van der Waals surface area contributed by atoms with E-state index >= 15 is 0 Å². The molecule has 1 atom stereocenters. The minimum atomic E-state index is -4.59. The first-order chi connectivity index (χ1) is 10.8. The van der Waals surface area contributed by atoms with Crippen LogP contribution in [0.2, 0.25) is 0 Å². The Labute approximate surface area is 136 Å². The summed E-state index contributed by atoms with van der Waals surface area (Å²) in [5, 5.41) is 13.5. The van der Waals surface area contributed by atoms with Crippen LogP contribution >= 0.6 is 11.8 Å². The van der Waals surface area contributed by atoms with Gasteiger partial charge in [-0.3, -0.25) is 5.43 Å². The summed E-state index contributed by atoms with van der Waals surface area (Å²) in [6, 6.07) is 5.04. The molecule has 1 aliphatic rings. The van der Waals surface area contributed by atoms with Crippen LogP contribution in [0, 0.1) is 11.3 Å². The van der Waals surface area contributed by atoms with Crippen LogP contribution in [0.1, 0.15) is 31.4 Å². The Morgan fingerprint density at radius 1 is 1.52 bits per heavy atom. The number of hydrogen-bond donors (Lipinski definition) is 1. The fourth-order valence-corrected chi connectivity index (χ4v) is 2.99. The Bertz CT molecular complexity index is 681. The van der Waals surface area contributed by atoms with E-state index in [1.807, 2.05) is 13.8 Å². The molecular formula is C15H15F3N4S. The maximum atomic E-state index is 13.0. The number of nitriles is 1. The van der Waals surface area contributed by atoms with Gasteiger partial charge in [0.25, 0.3) is 0 Å². The molecule has 1 heterocycles. The van der Waals surface area contributed by atoms with Crippen molar-refractivity contribution >= 4 is 28.7 Å². The first-order valence-electron chi connectivity index (χ1n) is 6.92. The highest BCUT2D eigenvalue weighted by Gasteiger charge is 2.35. The summed E-state index contributed by atoms with van der Waals surface area (Å²) in [5.74, 6) is 0.735. The first kappa shape index (κ1) is 17.3. The molecule has 23 heavy (non-hydrogen) atoms. The lowest BCUT2D eigenvalue weighted by Crippen LogP contribution is -2.42. The molecule has 0 fully saturated rings. The summed E-state index contributed by atoms with van der Waals surface area (Å²) in [6.07, 6.45) is -2.26. The Kier molecular flexibility index (Phi) is 5.00. The van der Waals surface area contributed by atoms with E-state index in [9.17, 15) is 13.2 Å². The minimum Gasteiger partial charge on any atom is -0.298 e. The Morgan fingerprint density at radius 2 is 2.26 bits per heavy atom. The number of hydrazone groups is 1. The van der Waals surface area contributed by atoms with Crippen molar-refractivity contribution in [1.29, 1.82) is 5.26 Å². The van der Waals surface area contributed by atoms with Crippen LogP contribution in [-0.4, -0.2) is 22.6 Å². The summed E-state index contributed by atoms with van der Waals surface area (Å²) in [6.45, 7) is 3.84. The van der Waals surface area contributed by atoms with E-state index in [1.165, 1.54) is 17.8 Å². The van der Waals surface area contributed by atoms with Gasteiger partial charge in [0.2, 0.25) is 0 Å². The maximum absolute atomic E-state index is 13.0. The number of hydrogen-bond acceptors (Lipinski definition) is 5. The maximum Gasteiger partial charge on any atom is 0.417 e. The highest BCUT2D eigenvalue weighted by Crippen LogP contribution is 2.35. The Balaban J connectivity index is 2.45. The normalized spacial score (nSPS) is 21.1. The minimum absolute atomic E-state index is 0.169. The largest absolute Gasteiger partial charge is 0.417 e. The summed E-state index contributed by atoms with van der Waals surface area (Å²) in [5.41, 5.74) is 1.22. The van der Waals surface area contributed by atoms with Crippen molar-refractivity contribution < 1.29 is 13.2 Å². The van der Waals surface area contributed by atoms with Crippen LogP contribution in [0.3, 0.4) is 0 Å². The molecule has 0 saturated heterocycles. The van der Waals surface area contributed by atoms with Crippen LogP contribution in [0.5, 0.6) is 0 Å². The summed E-state index contributed by atoms with van der Waals surface area (Å²) >= 11 is 1.45. The summed E-state index contributed by atoms with van der Waals surface area (Å²) < 4.78 is 39.1. The van der Waals surface area contributed by atoms with Gasteiger partial charge in [-0.2, -0.15) is 23.5 Å². The lowest BCUT2D eigenvalue weighted by atomic mass is 10.0. The van der Waals surface area contributed by atoms with Crippen molar-refractivity contribution in [2.24, 2.45) is 10.1 Å². The number of alkyl halides is 3. The molecule has 1 aromatic carbocycles. The molecule has 2 rings (SSSR count). The predicted molar refractivity (Wildman–Crippen MR) is 86.0 cm³/mol. The predicted octanol–water partition coefficient (Wildman–Crippen LogP) is 4.10. The second-order valence-corrected chi connectivity index (χ2v) is 6.40. The van der Waals surface area contributed by atoms with E-state index in [0.717, 1.165) is 17.9 Å². The van der Waals surface area contributed by atoms with Crippen molar-refractivity contribution in [3.05, 3.63) is 29.3 Å². The molecule has 122 valence electrons. The van der Waals surface area contributed by atoms with Crippen molar-refractivity contribution in [2.75, 3.05) is 5.75 Å². The molecule has 4 nitrogen and oxygen atoms in total. The van der Waals surface area contributed by atoms with Gasteiger partial charge in [-0.25, -0.2) is 4.99 Å². The topological polar surface area (TPSA) is 60.5 Å². The lowest BCUT2D eigenvalue weighted by molar-refractivity contribution is -0.137. The molecule has 1 aliphatic heterocycles. The van der Waals surface area contributed by atoms with Gasteiger partial charge in [0.1, 0.15) is 10.6 Å². The number of thioether (sulfide) groups is 1. The van der Waals surface area contributed by atoms with Crippen LogP contribution in [-0.2, 0) is 6.18 Å². The molecule has 0 aliphatic carbocycles. The quantitative estimate of drug-likeness (QED) is 0.666. The van der Waals surface area contributed by atoms with Gasteiger partial charge in [-0.15, -0.1) is 11.8 Å². The third-order valence-corrected chi connectivity index (χ3v) is 4.42. The summed E-state index contributed by atoms with van der Waals surface area (Å²) in [4.78, 5) is 4.38. The number of halogens is 3. The molecule has 0 spiro atoms. The smallest absolute Gasteiger partial charge is 0.298 e. The zero-order valence-electron chi connectivity index (χ0n) is 12.6. The number of benzene rings is 1. The second-order valence-electron chi connectivity index (χ2n) is 5.15. The summed E-state index contributed by atoms with van der Waals surface area (Å²) in [7, 11) is 0. The second kappa shape index (κ2) is 6.62. The van der Waals surface area contributed by atoms with Crippen LogP contribution < -0.4 is 5.43 Å². The van der Waals surface area contributed by atoms with Gasteiger partial charge in [0.15, 0.2) is 0 Å². The van der Waals surface area contributed by atoms with E-state index in [1.54, 1.807) is 12.3 Å². The highest BCUT2D eigenvalue weighted by atomic mass is 32.2. The van der Waals surface area contributed by atoms with Crippen molar-refractivity contribution in [3.8, 4) is 6.07 Å². The van der Waals surface area contributed by atoms with Crippen molar-refractivity contribution in [1.82, 2.24) is 5.43 Å². The zero-order valence-corrected chi connectivity index (χ0v) is 13.4. The fraction of sp³-hybridized carbons (Fsp3) is 0.400. The highest BCUT2D eigenvalue weighted by molar-refractivity contribution is 8.14. The molecular weight excluding hydrogens is 325 g/mol. The van der Waals surface area contributed by atoms with E-state index < -0.39 is 22.8 Å². The van der Waals surface area contributed by atoms with E-state index in [4.69, 9.17) is 5.26 Å². The number of aliphatic imine (C=N–C) groups is 1.